The minimum atomic E-state index is -4.72. The summed E-state index contributed by atoms with van der Waals surface area (Å²) in [5.41, 5.74) is 6.23. The summed E-state index contributed by atoms with van der Waals surface area (Å²) < 4.78 is 40.7. The molecule has 0 spiro atoms. The van der Waals surface area contributed by atoms with Crippen LogP contribution in [0.1, 0.15) is 0 Å². The van der Waals surface area contributed by atoms with Crippen molar-refractivity contribution in [2.24, 2.45) is 0 Å². The zero-order valence-corrected chi connectivity index (χ0v) is 9.11. The van der Waals surface area contributed by atoms with Crippen molar-refractivity contribution in [2.75, 3.05) is 5.73 Å². The van der Waals surface area contributed by atoms with E-state index in [1.54, 1.807) is 12.1 Å². The van der Waals surface area contributed by atoms with Gasteiger partial charge in [-0.1, -0.05) is 18.2 Å². The lowest BCUT2D eigenvalue weighted by atomic mass is 10.1. The number of ether oxygens (including phenoxy) is 1. The molecule has 0 bridgehead atoms. The van der Waals surface area contributed by atoms with Crippen LogP contribution in [-0.4, -0.2) is 11.3 Å². The molecule has 0 saturated carbocycles. The molecule has 0 unspecified atom stereocenters. The number of nitrogens with two attached hydrogens (primary N) is 1. The van der Waals surface area contributed by atoms with Crippen LogP contribution in [0.2, 0.25) is 0 Å². The summed E-state index contributed by atoms with van der Waals surface area (Å²) in [5.74, 6) is 0.0320. The van der Waals surface area contributed by atoms with E-state index in [9.17, 15) is 13.2 Å². The number of anilines is 1. The smallest absolute Gasteiger partial charge is 0.405 e. The number of hydrogen-bond donors (Lipinski definition) is 1. The predicted molar refractivity (Wildman–Crippen MR) is 60.8 cm³/mol. The third-order valence-electron chi connectivity index (χ3n) is 2.21. The second-order valence-corrected chi connectivity index (χ2v) is 3.52. The van der Waals surface area contributed by atoms with Gasteiger partial charge in [0.25, 0.3) is 0 Å². The standard InChI is InChI=1S/C12H9F3N2O/c13-12(14,15)18-10-4-2-1-3-9(10)8-5-6-11(16)17-7-8/h1-7H,(H2,16,17). The van der Waals surface area contributed by atoms with E-state index in [1.807, 2.05) is 0 Å². The Bertz CT molecular complexity index is 538. The molecule has 0 fully saturated rings. The average Bonchev–Trinajstić information content (AvgIpc) is 2.29. The number of benzene rings is 1. The fraction of sp³-hybridized carbons (Fsp3) is 0.0833. The lowest BCUT2D eigenvalue weighted by Crippen LogP contribution is -2.17. The van der Waals surface area contributed by atoms with Crippen molar-refractivity contribution in [2.45, 2.75) is 6.36 Å². The van der Waals surface area contributed by atoms with Crippen molar-refractivity contribution in [3.63, 3.8) is 0 Å². The number of rotatable bonds is 2. The van der Waals surface area contributed by atoms with Crippen molar-refractivity contribution in [3.8, 4) is 16.9 Å². The lowest BCUT2D eigenvalue weighted by molar-refractivity contribution is -0.274. The first-order valence-corrected chi connectivity index (χ1v) is 5.02. The van der Waals surface area contributed by atoms with Crippen LogP contribution < -0.4 is 10.5 Å². The molecule has 0 aliphatic rings. The van der Waals surface area contributed by atoms with Crippen LogP contribution in [0.25, 0.3) is 11.1 Å². The summed E-state index contributed by atoms with van der Waals surface area (Å²) in [6.07, 6.45) is -3.33. The molecule has 0 atom stereocenters. The fourth-order valence-corrected chi connectivity index (χ4v) is 1.48. The Balaban J connectivity index is 2.41. The number of halogens is 3. The average molecular weight is 254 g/mol. The van der Waals surface area contributed by atoms with Gasteiger partial charge in [-0.25, -0.2) is 4.98 Å². The molecule has 1 aromatic heterocycles. The first-order valence-electron chi connectivity index (χ1n) is 5.02. The first-order chi connectivity index (χ1) is 8.46. The molecule has 0 aliphatic heterocycles. The second kappa shape index (κ2) is 4.56. The van der Waals surface area contributed by atoms with Gasteiger partial charge in [0.2, 0.25) is 0 Å². The summed E-state index contributed by atoms with van der Waals surface area (Å²) in [4.78, 5) is 3.83. The van der Waals surface area contributed by atoms with E-state index in [0.29, 0.717) is 16.9 Å². The molecule has 2 rings (SSSR count). The van der Waals surface area contributed by atoms with Gasteiger partial charge in [0, 0.05) is 17.3 Å². The maximum absolute atomic E-state index is 12.2. The Morgan fingerprint density at radius 3 is 2.39 bits per heavy atom. The van der Waals surface area contributed by atoms with Crippen LogP contribution in [0.15, 0.2) is 42.6 Å². The van der Waals surface area contributed by atoms with Crippen molar-refractivity contribution >= 4 is 5.82 Å². The number of nitrogen functional groups attached to an aromatic ring is 1. The number of aromatic nitrogens is 1. The van der Waals surface area contributed by atoms with Gasteiger partial charge in [-0.2, -0.15) is 0 Å². The van der Waals surface area contributed by atoms with Crippen LogP contribution in [0, 0.1) is 0 Å². The molecule has 18 heavy (non-hydrogen) atoms. The number of para-hydroxylation sites is 1. The maximum Gasteiger partial charge on any atom is 0.573 e. The zero-order valence-electron chi connectivity index (χ0n) is 9.11. The Hall–Kier alpha value is -2.24. The van der Waals surface area contributed by atoms with Crippen LogP contribution in [0.5, 0.6) is 5.75 Å². The molecule has 0 radical (unpaired) electrons. The van der Waals surface area contributed by atoms with Gasteiger partial charge in [0.15, 0.2) is 0 Å². The van der Waals surface area contributed by atoms with Crippen LogP contribution in [0.4, 0.5) is 19.0 Å². The van der Waals surface area contributed by atoms with Gasteiger partial charge >= 0.3 is 6.36 Å². The Morgan fingerprint density at radius 1 is 1.06 bits per heavy atom. The number of hydrogen-bond acceptors (Lipinski definition) is 3. The third kappa shape index (κ3) is 2.91. The summed E-state index contributed by atoms with van der Waals surface area (Å²) in [6, 6.07) is 8.96. The Kier molecular flexibility index (Phi) is 3.10. The normalized spacial score (nSPS) is 11.3. The van der Waals surface area contributed by atoms with Gasteiger partial charge in [-0.15, -0.1) is 13.2 Å². The molecule has 94 valence electrons. The van der Waals surface area contributed by atoms with Crippen molar-refractivity contribution in [1.82, 2.24) is 4.98 Å². The highest BCUT2D eigenvalue weighted by Gasteiger charge is 2.32. The van der Waals surface area contributed by atoms with E-state index in [-0.39, 0.29) is 5.75 Å². The van der Waals surface area contributed by atoms with E-state index in [4.69, 9.17) is 5.73 Å². The molecule has 1 aromatic carbocycles. The van der Waals surface area contributed by atoms with Crippen molar-refractivity contribution in [3.05, 3.63) is 42.6 Å². The lowest BCUT2D eigenvalue weighted by Gasteiger charge is -2.13. The maximum atomic E-state index is 12.2. The van der Waals surface area contributed by atoms with E-state index < -0.39 is 6.36 Å². The summed E-state index contributed by atoms with van der Waals surface area (Å²) in [6.45, 7) is 0. The molecule has 3 nitrogen and oxygen atoms in total. The van der Waals surface area contributed by atoms with E-state index in [1.165, 1.54) is 30.5 Å². The second-order valence-electron chi connectivity index (χ2n) is 3.52. The molecule has 0 saturated heterocycles. The van der Waals surface area contributed by atoms with Gasteiger partial charge in [-0.3, -0.25) is 0 Å². The highest BCUT2D eigenvalue weighted by Crippen LogP contribution is 2.33. The first kappa shape index (κ1) is 12.2. The molecular formula is C12H9F3N2O. The van der Waals surface area contributed by atoms with E-state index in [2.05, 4.69) is 9.72 Å². The molecule has 6 heteroatoms. The Morgan fingerprint density at radius 2 is 1.78 bits per heavy atom. The molecule has 2 aromatic rings. The van der Waals surface area contributed by atoms with Gasteiger partial charge in [0.1, 0.15) is 11.6 Å². The van der Waals surface area contributed by atoms with E-state index >= 15 is 0 Å². The monoisotopic (exact) mass is 254 g/mol. The highest BCUT2D eigenvalue weighted by atomic mass is 19.4. The summed E-state index contributed by atoms with van der Waals surface area (Å²) in [7, 11) is 0. The predicted octanol–water partition coefficient (Wildman–Crippen LogP) is 3.23. The van der Waals surface area contributed by atoms with E-state index in [0.717, 1.165) is 0 Å². The molecule has 2 N–H and O–H groups in total. The van der Waals surface area contributed by atoms with Crippen LogP contribution in [-0.2, 0) is 0 Å². The van der Waals surface area contributed by atoms with Crippen LogP contribution >= 0.6 is 0 Å². The largest absolute Gasteiger partial charge is 0.573 e. The highest BCUT2D eigenvalue weighted by molar-refractivity contribution is 5.70. The Labute approximate surface area is 101 Å². The molecular weight excluding hydrogens is 245 g/mol. The number of pyridine rings is 1. The van der Waals surface area contributed by atoms with Gasteiger partial charge in [0.05, 0.1) is 0 Å². The van der Waals surface area contributed by atoms with Gasteiger partial charge < -0.3 is 10.5 Å². The summed E-state index contributed by atoms with van der Waals surface area (Å²) >= 11 is 0. The molecule has 0 amide bonds. The minimum absolute atomic E-state index is 0.267. The summed E-state index contributed by atoms with van der Waals surface area (Å²) in [5, 5.41) is 0. The quantitative estimate of drug-likeness (QED) is 0.895. The third-order valence-corrected chi connectivity index (χ3v) is 2.21. The molecule has 0 aliphatic carbocycles. The number of nitrogens with zero attached hydrogens (tertiary/aromatic N) is 1. The van der Waals surface area contributed by atoms with Crippen LogP contribution in [0.3, 0.4) is 0 Å². The SMILES string of the molecule is Nc1ccc(-c2ccccc2OC(F)(F)F)cn1. The zero-order chi connectivity index (χ0) is 13.2. The minimum Gasteiger partial charge on any atom is -0.405 e. The van der Waals surface area contributed by atoms with Gasteiger partial charge in [-0.05, 0) is 18.2 Å². The number of alkyl halides is 3. The topological polar surface area (TPSA) is 48.1 Å². The van der Waals surface area contributed by atoms with Crippen molar-refractivity contribution in [1.29, 1.82) is 0 Å². The fourth-order valence-electron chi connectivity index (χ4n) is 1.48. The van der Waals surface area contributed by atoms with Crippen molar-refractivity contribution < 1.29 is 17.9 Å². The molecule has 1 heterocycles.